The molecule has 1 atom stereocenters. The number of piperidine rings is 2. The highest BCUT2D eigenvalue weighted by atomic mass is 16.5. The predicted octanol–water partition coefficient (Wildman–Crippen LogP) is 3.09. The summed E-state index contributed by atoms with van der Waals surface area (Å²) in [7, 11) is 2.11. The van der Waals surface area contributed by atoms with Crippen LogP contribution in [0.4, 0.5) is 11.6 Å². The number of fused-ring (bicyclic) bond motifs is 2. The highest BCUT2D eigenvalue weighted by Crippen LogP contribution is 2.30. The van der Waals surface area contributed by atoms with E-state index in [1.165, 1.54) is 0 Å². The molecule has 2 fully saturated rings. The molecule has 7 rings (SSSR count). The molecule has 0 radical (unpaired) electrons. The molecule has 3 aliphatic rings. The van der Waals surface area contributed by atoms with Gasteiger partial charge in [-0.1, -0.05) is 26.0 Å². The number of hydrogen-bond donors (Lipinski definition) is 3. The second-order valence-electron chi connectivity index (χ2n) is 15.0. The standard InChI is InChI=1S/C40H50N10O7/c1-25(2)31-22-43-50-36(31)46-40(57-29-13-15-48(3)16-14-29)47-39(50)42-20-27-9-10-28(21-41-27)44-35(52)24-56-19-18-55-17-5-7-26-6-4-8-30-32(26)23-49(38(30)54)33-11-12-34(51)45-37(33)53/h4,6,8-10,21-22,25,29,33H,5,7,11-20,23-24H2,1-3H3,(H,44,52)(H,42,46,47)(H,45,51,53). The molecule has 3 N–H and O–H groups in total. The second-order valence-corrected chi connectivity index (χ2v) is 15.0. The van der Waals surface area contributed by atoms with Crippen molar-refractivity contribution in [3.8, 4) is 6.01 Å². The van der Waals surface area contributed by atoms with Crippen molar-refractivity contribution < 1.29 is 33.4 Å². The molecule has 17 heteroatoms. The Morgan fingerprint density at radius 1 is 1.00 bits per heavy atom. The summed E-state index contributed by atoms with van der Waals surface area (Å²) in [5.41, 5.74) is 5.56. The summed E-state index contributed by atoms with van der Waals surface area (Å²) in [6.45, 7) is 7.78. The van der Waals surface area contributed by atoms with Crippen LogP contribution in [0.25, 0.3) is 5.65 Å². The van der Waals surface area contributed by atoms with Gasteiger partial charge >= 0.3 is 6.01 Å². The molecule has 57 heavy (non-hydrogen) atoms. The number of amides is 4. The van der Waals surface area contributed by atoms with Crippen LogP contribution < -0.4 is 20.7 Å². The van der Waals surface area contributed by atoms with Gasteiger partial charge in [0.25, 0.3) is 5.91 Å². The fourth-order valence-corrected chi connectivity index (χ4v) is 7.30. The van der Waals surface area contributed by atoms with Gasteiger partial charge in [0.15, 0.2) is 5.65 Å². The number of aryl methyl sites for hydroxylation is 1. The number of carbonyl (C=O) groups is 4. The Labute approximate surface area is 330 Å². The molecule has 0 bridgehead atoms. The van der Waals surface area contributed by atoms with E-state index in [-0.39, 0.29) is 49.4 Å². The maximum atomic E-state index is 13.1. The number of likely N-dealkylation sites (tertiary alicyclic amines) is 1. The second kappa shape index (κ2) is 18.2. The zero-order chi connectivity index (χ0) is 39.9. The molecule has 17 nitrogen and oxygen atoms in total. The third kappa shape index (κ3) is 9.72. The Kier molecular flexibility index (Phi) is 12.7. The van der Waals surface area contributed by atoms with Crippen LogP contribution in [0.15, 0.2) is 42.7 Å². The average Bonchev–Trinajstić information content (AvgIpc) is 3.78. The number of pyridine rings is 1. The molecule has 3 aromatic heterocycles. The normalized spacial score (nSPS) is 17.6. The van der Waals surface area contributed by atoms with Gasteiger partial charge in [-0.25, -0.2) is 0 Å². The third-order valence-corrected chi connectivity index (χ3v) is 10.5. The van der Waals surface area contributed by atoms with E-state index < -0.39 is 11.9 Å². The Balaban J connectivity index is 0.808. The van der Waals surface area contributed by atoms with E-state index in [1.54, 1.807) is 27.7 Å². The lowest BCUT2D eigenvalue weighted by Gasteiger charge is -2.29. The van der Waals surface area contributed by atoms with Gasteiger partial charge in [-0.3, -0.25) is 29.5 Å². The molecular formula is C40H50N10O7. The molecule has 0 saturated carbocycles. The summed E-state index contributed by atoms with van der Waals surface area (Å²) in [5, 5.41) is 13.0. The van der Waals surface area contributed by atoms with Gasteiger partial charge in [0.1, 0.15) is 18.8 Å². The van der Waals surface area contributed by atoms with Gasteiger partial charge < -0.3 is 34.6 Å². The smallest absolute Gasteiger partial charge is 0.322 e. The number of nitrogens with zero attached hydrogens (tertiary/aromatic N) is 7. The molecule has 1 unspecified atom stereocenters. The van der Waals surface area contributed by atoms with Gasteiger partial charge in [-0.05, 0) is 74.4 Å². The van der Waals surface area contributed by atoms with Crippen LogP contribution in [-0.4, -0.2) is 117 Å². The largest absolute Gasteiger partial charge is 0.460 e. The Hall–Kier alpha value is -5.52. The van der Waals surface area contributed by atoms with E-state index in [0.29, 0.717) is 68.0 Å². The van der Waals surface area contributed by atoms with Crippen molar-refractivity contribution in [3.63, 3.8) is 0 Å². The summed E-state index contributed by atoms with van der Waals surface area (Å²) in [6.07, 6.45) is 7.28. The number of aromatic nitrogens is 5. The lowest BCUT2D eigenvalue weighted by atomic mass is 10.00. The number of anilines is 2. The SMILES string of the molecule is CC(C)c1cnn2c(NCc3ccc(NC(=O)COCCOCCCc4cccc5c4CN(C4CCC(=O)NC4=O)C5=O)cn3)nc(OC3CCN(C)CC3)nc12. The van der Waals surface area contributed by atoms with Gasteiger partial charge in [-0.15, -0.1) is 0 Å². The molecule has 302 valence electrons. The van der Waals surface area contributed by atoms with Crippen LogP contribution in [0.2, 0.25) is 0 Å². The zero-order valence-corrected chi connectivity index (χ0v) is 32.7. The van der Waals surface area contributed by atoms with Gasteiger partial charge in [0.2, 0.25) is 23.7 Å². The Bertz CT molecular complexity index is 2080. The quantitative estimate of drug-likeness (QED) is 0.105. The molecule has 6 heterocycles. The fraction of sp³-hybridized carbons (Fsp3) is 0.500. The van der Waals surface area contributed by atoms with E-state index in [4.69, 9.17) is 19.2 Å². The first-order valence-corrected chi connectivity index (χ1v) is 19.6. The minimum Gasteiger partial charge on any atom is -0.460 e. The van der Waals surface area contributed by atoms with Crippen molar-refractivity contribution >= 4 is 40.9 Å². The van der Waals surface area contributed by atoms with E-state index in [9.17, 15) is 19.2 Å². The van der Waals surface area contributed by atoms with Crippen LogP contribution in [0, 0.1) is 0 Å². The van der Waals surface area contributed by atoms with Crippen molar-refractivity contribution in [1.82, 2.24) is 39.7 Å². The molecule has 4 aromatic rings. The minimum atomic E-state index is -0.639. The van der Waals surface area contributed by atoms with E-state index in [1.807, 2.05) is 24.4 Å². The molecule has 3 aliphatic heterocycles. The number of rotatable bonds is 17. The van der Waals surface area contributed by atoms with Crippen molar-refractivity contribution in [2.24, 2.45) is 0 Å². The third-order valence-electron chi connectivity index (χ3n) is 10.5. The highest BCUT2D eigenvalue weighted by Gasteiger charge is 2.39. The van der Waals surface area contributed by atoms with E-state index in [0.717, 1.165) is 54.7 Å². The summed E-state index contributed by atoms with van der Waals surface area (Å²) < 4.78 is 19.2. The number of hydrogen-bond acceptors (Lipinski definition) is 13. The molecule has 4 amide bonds. The summed E-state index contributed by atoms with van der Waals surface area (Å²) in [5.74, 6) is -0.479. The summed E-state index contributed by atoms with van der Waals surface area (Å²) in [4.78, 5) is 67.3. The monoisotopic (exact) mass is 782 g/mol. The predicted molar refractivity (Wildman–Crippen MR) is 209 cm³/mol. The lowest BCUT2D eigenvalue weighted by molar-refractivity contribution is -0.137. The van der Waals surface area contributed by atoms with E-state index >= 15 is 0 Å². The van der Waals surface area contributed by atoms with E-state index in [2.05, 4.69) is 56.8 Å². The first kappa shape index (κ1) is 39.7. The van der Waals surface area contributed by atoms with Crippen LogP contribution in [0.5, 0.6) is 6.01 Å². The Morgan fingerprint density at radius 3 is 2.60 bits per heavy atom. The minimum absolute atomic E-state index is 0.0582. The number of benzene rings is 1. The van der Waals surface area contributed by atoms with Crippen molar-refractivity contribution in [2.45, 2.75) is 83.5 Å². The lowest BCUT2D eigenvalue weighted by Crippen LogP contribution is -2.52. The van der Waals surface area contributed by atoms with Gasteiger partial charge in [0, 0.05) is 43.8 Å². The number of carbonyl (C=O) groups excluding carboxylic acids is 4. The van der Waals surface area contributed by atoms with Gasteiger partial charge in [-0.2, -0.15) is 19.6 Å². The van der Waals surface area contributed by atoms with Crippen LogP contribution in [0.3, 0.4) is 0 Å². The number of imide groups is 1. The summed E-state index contributed by atoms with van der Waals surface area (Å²) in [6, 6.07) is 8.92. The van der Waals surface area contributed by atoms with Crippen molar-refractivity contribution in [3.05, 3.63) is 70.7 Å². The molecule has 0 aliphatic carbocycles. The van der Waals surface area contributed by atoms with Crippen LogP contribution >= 0.6 is 0 Å². The first-order valence-electron chi connectivity index (χ1n) is 19.6. The highest BCUT2D eigenvalue weighted by molar-refractivity contribution is 6.05. The van der Waals surface area contributed by atoms with Gasteiger partial charge in [0.05, 0.1) is 43.5 Å². The maximum absolute atomic E-state index is 13.1. The fourth-order valence-electron chi connectivity index (χ4n) is 7.30. The molecule has 1 aromatic carbocycles. The molecular weight excluding hydrogens is 733 g/mol. The van der Waals surface area contributed by atoms with Crippen molar-refractivity contribution in [2.75, 3.05) is 57.2 Å². The average molecular weight is 783 g/mol. The number of ether oxygens (including phenoxy) is 3. The molecule has 2 saturated heterocycles. The maximum Gasteiger partial charge on any atom is 0.322 e. The Morgan fingerprint density at radius 2 is 1.82 bits per heavy atom. The topological polar surface area (TPSA) is 195 Å². The summed E-state index contributed by atoms with van der Waals surface area (Å²) >= 11 is 0. The zero-order valence-electron chi connectivity index (χ0n) is 32.7. The molecule has 0 spiro atoms. The first-order chi connectivity index (χ1) is 27.6. The van der Waals surface area contributed by atoms with Crippen LogP contribution in [0.1, 0.15) is 84.6 Å². The number of nitrogens with one attached hydrogen (secondary N) is 3. The van der Waals surface area contributed by atoms with Crippen LogP contribution in [-0.2, 0) is 43.4 Å². The van der Waals surface area contributed by atoms with Crippen molar-refractivity contribution in [1.29, 1.82) is 0 Å².